The van der Waals surface area contributed by atoms with Crippen LogP contribution in [0.15, 0.2) is 35.0 Å². The zero-order valence-electron chi connectivity index (χ0n) is 14.7. The van der Waals surface area contributed by atoms with Gasteiger partial charge in [0, 0.05) is 28.6 Å². The summed E-state index contributed by atoms with van der Waals surface area (Å²) in [6.07, 6.45) is 3.92. The molecule has 2 heterocycles. The highest BCUT2D eigenvalue weighted by molar-refractivity contribution is 6.07. The van der Waals surface area contributed by atoms with Gasteiger partial charge in [0.05, 0.1) is 6.54 Å². The van der Waals surface area contributed by atoms with Gasteiger partial charge >= 0.3 is 0 Å². The molecule has 3 aromatic rings. The summed E-state index contributed by atoms with van der Waals surface area (Å²) < 4.78 is 7.02. The third-order valence-electron chi connectivity index (χ3n) is 4.75. The number of ketones is 1. The second kappa shape index (κ2) is 6.40. The maximum absolute atomic E-state index is 12.6. The third kappa shape index (κ3) is 3.00. The van der Waals surface area contributed by atoms with Gasteiger partial charge in [-0.15, -0.1) is 0 Å². The van der Waals surface area contributed by atoms with Gasteiger partial charge in [-0.05, 0) is 32.8 Å². The number of hydrogen-bond donors (Lipinski definition) is 1. The van der Waals surface area contributed by atoms with Crippen molar-refractivity contribution >= 4 is 22.6 Å². The van der Waals surface area contributed by atoms with Crippen molar-refractivity contribution in [3.63, 3.8) is 0 Å². The van der Waals surface area contributed by atoms with Crippen LogP contribution in [0.5, 0.6) is 0 Å². The van der Waals surface area contributed by atoms with Gasteiger partial charge in [0.1, 0.15) is 6.04 Å². The van der Waals surface area contributed by atoms with E-state index in [1.807, 2.05) is 28.8 Å². The van der Waals surface area contributed by atoms with E-state index in [1.54, 1.807) is 13.1 Å². The van der Waals surface area contributed by atoms with Gasteiger partial charge in [-0.3, -0.25) is 9.59 Å². The fourth-order valence-corrected chi connectivity index (χ4v) is 3.08. The van der Waals surface area contributed by atoms with Crippen LogP contribution in [0.4, 0.5) is 0 Å². The smallest absolute Gasteiger partial charge is 0.243 e. The van der Waals surface area contributed by atoms with E-state index in [0.717, 1.165) is 23.7 Å². The molecule has 1 saturated carbocycles. The lowest BCUT2D eigenvalue weighted by molar-refractivity contribution is -0.124. The molecule has 7 heteroatoms. The highest BCUT2D eigenvalue weighted by atomic mass is 16.5. The molecule has 0 unspecified atom stereocenters. The Morgan fingerprint density at radius 2 is 2.12 bits per heavy atom. The number of carbonyl (C=O) groups excluding carboxylic acids is 2. The monoisotopic (exact) mass is 352 g/mol. The van der Waals surface area contributed by atoms with Crippen molar-refractivity contribution in [3.05, 3.63) is 47.7 Å². The van der Waals surface area contributed by atoms with Gasteiger partial charge in [0.15, 0.2) is 11.6 Å². The topological polar surface area (TPSA) is 90.0 Å². The predicted octanol–water partition coefficient (Wildman–Crippen LogP) is 2.98. The summed E-state index contributed by atoms with van der Waals surface area (Å²) in [5.41, 5.74) is 1.48. The van der Waals surface area contributed by atoms with Crippen molar-refractivity contribution in [2.75, 3.05) is 0 Å². The molecule has 0 bridgehead atoms. The lowest BCUT2D eigenvalue weighted by Gasteiger charge is -2.14. The maximum Gasteiger partial charge on any atom is 0.243 e. The molecule has 0 saturated heterocycles. The molecule has 134 valence electrons. The summed E-state index contributed by atoms with van der Waals surface area (Å²) in [6.45, 7) is 3.56. The number of benzene rings is 1. The number of para-hydroxylation sites is 1. The predicted molar refractivity (Wildman–Crippen MR) is 94.8 cm³/mol. The van der Waals surface area contributed by atoms with Crippen LogP contribution >= 0.6 is 0 Å². The van der Waals surface area contributed by atoms with Crippen molar-refractivity contribution < 1.29 is 14.1 Å². The molecule has 2 aromatic heterocycles. The molecular weight excluding hydrogens is 332 g/mol. The van der Waals surface area contributed by atoms with E-state index in [9.17, 15) is 9.59 Å². The number of nitrogens with one attached hydrogen (secondary N) is 1. The van der Waals surface area contributed by atoms with Crippen molar-refractivity contribution in [3.8, 4) is 0 Å². The summed E-state index contributed by atoms with van der Waals surface area (Å²) in [6, 6.07) is 7.12. The first kappa shape index (κ1) is 16.5. The zero-order chi connectivity index (χ0) is 18.3. The van der Waals surface area contributed by atoms with Crippen LogP contribution in [-0.4, -0.2) is 26.4 Å². The van der Waals surface area contributed by atoms with Gasteiger partial charge in [-0.25, -0.2) is 0 Å². The molecule has 1 atom stereocenters. The third-order valence-corrected chi connectivity index (χ3v) is 4.75. The summed E-state index contributed by atoms with van der Waals surface area (Å²) in [5, 5.41) is 7.60. The van der Waals surface area contributed by atoms with Crippen molar-refractivity contribution in [2.24, 2.45) is 0 Å². The fraction of sp³-hybridized carbons (Fsp3) is 0.368. The molecular formula is C19H20N4O3. The number of carbonyl (C=O) groups is 2. The summed E-state index contributed by atoms with van der Waals surface area (Å²) in [5.74, 6) is 1.34. The van der Waals surface area contributed by atoms with E-state index < -0.39 is 6.04 Å². The van der Waals surface area contributed by atoms with Crippen LogP contribution < -0.4 is 5.32 Å². The summed E-state index contributed by atoms with van der Waals surface area (Å²) >= 11 is 0. The van der Waals surface area contributed by atoms with Crippen LogP contribution in [0.3, 0.4) is 0 Å². The Kier molecular flexibility index (Phi) is 4.06. The standard InChI is InChI=1S/C19H20N4O3/c1-11(18(25)20-9-17-21-19(26-22-17)13-7-8-13)23-10-15(12(2)24)14-5-3-4-6-16(14)23/h3-6,10-11,13H,7-9H2,1-2H3,(H,20,25)/t11-/m1/s1. The Morgan fingerprint density at radius 3 is 2.85 bits per heavy atom. The van der Waals surface area contributed by atoms with Crippen LogP contribution in [0.1, 0.15) is 60.7 Å². The number of fused-ring (bicyclic) bond motifs is 1. The molecule has 4 rings (SSSR count). The Bertz CT molecular complexity index is 984. The van der Waals surface area contributed by atoms with Crippen LogP contribution in [-0.2, 0) is 11.3 Å². The largest absolute Gasteiger partial charge is 0.347 e. The number of Topliss-reactive ketones (excluding diaryl/α,β-unsaturated/α-hetero) is 1. The number of rotatable bonds is 6. The number of amides is 1. The van der Waals surface area contributed by atoms with E-state index in [-0.39, 0.29) is 18.2 Å². The molecule has 1 amide bonds. The van der Waals surface area contributed by atoms with Gasteiger partial charge < -0.3 is 14.4 Å². The first-order valence-electron chi connectivity index (χ1n) is 8.75. The fourth-order valence-electron chi connectivity index (χ4n) is 3.08. The minimum Gasteiger partial charge on any atom is -0.347 e. The molecule has 26 heavy (non-hydrogen) atoms. The molecule has 1 N–H and O–H groups in total. The Labute approximate surface area is 150 Å². The lowest BCUT2D eigenvalue weighted by Crippen LogP contribution is -2.30. The normalized spacial score (nSPS) is 15.2. The van der Waals surface area contributed by atoms with E-state index in [0.29, 0.717) is 23.2 Å². The summed E-state index contributed by atoms with van der Waals surface area (Å²) in [4.78, 5) is 28.8. The molecule has 1 aliphatic carbocycles. The van der Waals surface area contributed by atoms with Crippen LogP contribution in [0, 0.1) is 0 Å². The van der Waals surface area contributed by atoms with Crippen LogP contribution in [0.25, 0.3) is 10.9 Å². The highest BCUT2D eigenvalue weighted by Crippen LogP contribution is 2.38. The first-order chi connectivity index (χ1) is 12.5. The quantitative estimate of drug-likeness (QED) is 0.689. The van der Waals surface area contributed by atoms with Crippen molar-refractivity contribution in [1.29, 1.82) is 0 Å². The number of nitrogens with zero attached hydrogens (tertiary/aromatic N) is 3. The second-order valence-corrected chi connectivity index (χ2v) is 6.74. The second-order valence-electron chi connectivity index (χ2n) is 6.74. The van der Waals surface area contributed by atoms with E-state index in [1.165, 1.54) is 6.92 Å². The van der Waals surface area contributed by atoms with E-state index in [4.69, 9.17) is 4.52 Å². The average Bonchev–Trinajstić information content (AvgIpc) is 3.25. The highest BCUT2D eigenvalue weighted by Gasteiger charge is 2.29. The zero-order valence-corrected chi connectivity index (χ0v) is 14.7. The number of aromatic nitrogens is 3. The minimum absolute atomic E-state index is 0.0213. The summed E-state index contributed by atoms with van der Waals surface area (Å²) in [7, 11) is 0. The number of hydrogen-bond acceptors (Lipinski definition) is 5. The molecule has 0 spiro atoms. The molecule has 7 nitrogen and oxygen atoms in total. The van der Waals surface area contributed by atoms with Crippen molar-refractivity contribution in [2.45, 2.75) is 45.2 Å². The first-order valence-corrected chi connectivity index (χ1v) is 8.75. The van der Waals surface area contributed by atoms with Crippen molar-refractivity contribution in [1.82, 2.24) is 20.0 Å². The minimum atomic E-state index is -0.470. The molecule has 0 radical (unpaired) electrons. The molecule has 1 aliphatic rings. The molecule has 1 fully saturated rings. The van der Waals surface area contributed by atoms with Gasteiger partial charge in [-0.1, -0.05) is 23.4 Å². The molecule has 1 aromatic carbocycles. The van der Waals surface area contributed by atoms with E-state index in [2.05, 4.69) is 15.5 Å². The van der Waals surface area contributed by atoms with Gasteiger partial charge in [-0.2, -0.15) is 4.98 Å². The Hall–Kier alpha value is -2.96. The van der Waals surface area contributed by atoms with Crippen LogP contribution in [0.2, 0.25) is 0 Å². The van der Waals surface area contributed by atoms with E-state index >= 15 is 0 Å². The van der Waals surface area contributed by atoms with Gasteiger partial charge in [0.25, 0.3) is 0 Å². The van der Waals surface area contributed by atoms with Gasteiger partial charge in [0.2, 0.25) is 11.8 Å². The molecule has 0 aliphatic heterocycles. The lowest BCUT2D eigenvalue weighted by atomic mass is 10.1. The maximum atomic E-state index is 12.6. The SMILES string of the molecule is CC(=O)c1cn([C@H](C)C(=O)NCc2noc(C3CC3)n2)c2ccccc12. The Morgan fingerprint density at radius 1 is 1.35 bits per heavy atom. The Balaban J connectivity index is 1.51. The average molecular weight is 352 g/mol.